The van der Waals surface area contributed by atoms with Gasteiger partial charge in [-0.05, 0) is 76.0 Å². The minimum atomic E-state index is -0.127. The van der Waals surface area contributed by atoms with E-state index in [9.17, 15) is 19.2 Å². The van der Waals surface area contributed by atoms with E-state index in [0.29, 0.717) is 31.6 Å². The van der Waals surface area contributed by atoms with Crippen molar-refractivity contribution in [3.8, 4) is 0 Å². The highest BCUT2D eigenvalue weighted by Gasteiger charge is 2.36. The van der Waals surface area contributed by atoms with Gasteiger partial charge in [-0.3, -0.25) is 19.4 Å². The minimum Gasteiger partial charge on any atom is -0.381 e. The number of imide groups is 2. The van der Waals surface area contributed by atoms with Crippen LogP contribution in [-0.4, -0.2) is 96.0 Å². The molecule has 2 heterocycles. The van der Waals surface area contributed by atoms with Gasteiger partial charge in [-0.25, -0.2) is 9.59 Å². The van der Waals surface area contributed by atoms with Gasteiger partial charge in [-0.1, -0.05) is 72.6 Å². The van der Waals surface area contributed by atoms with Crippen LogP contribution in [0.5, 0.6) is 0 Å². The smallest absolute Gasteiger partial charge is 0.327 e. The molecule has 0 radical (unpaired) electrons. The van der Waals surface area contributed by atoms with Crippen LogP contribution in [0.2, 0.25) is 0 Å². The van der Waals surface area contributed by atoms with Crippen LogP contribution in [0.4, 0.5) is 9.59 Å². The van der Waals surface area contributed by atoms with E-state index in [0.717, 1.165) is 90.3 Å². The van der Waals surface area contributed by atoms with Gasteiger partial charge >= 0.3 is 12.1 Å². The Hall–Kier alpha value is -2.16. The van der Waals surface area contributed by atoms with Crippen molar-refractivity contribution in [1.29, 1.82) is 0 Å². The van der Waals surface area contributed by atoms with E-state index in [1.165, 1.54) is 29.1 Å². The maximum absolute atomic E-state index is 12.4. The molecule has 0 saturated carbocycles. The van der Waals surface area contributed by atoms with Crippen LogP contribution in [0.15, 0.2) is 0 Å². The van der Waals surface area contributed by atoms with Crippen molar-refractivity contribution in [2.75, 3.05) is 52.5 Å². The molecule has 0 N–H and O–H groups in total. The Morgan fingerprint density at radius 3 is 1.25 bits per heavy atom. The highest BCUT2D eigenvalue weighted by Crippen LogP contribution is 2.39. The normalized spacial score (nSPS) is 16.4. The van der Waals surface area contributed by atoms with Gasteiger partial charge in [0.15, 0.2) is 0 Å². The predicted molar refractivity (Wildman–Crippen MR) is 176 cm³/mol. The number of ether oxygens (including phenoxy) is 1. The first kappa shape index (κ1) is 38.0. The summed E-state index contributed by atoms with van der Waals surface area (Å²) >= 11 is 0. The molecule has 0 aromatic heterocycles. The largest absolute Gasteiger partial charge is 0.381 e. The molecule has 9 heteroatoms. The van der Waals surface area contributed by atoms with Gasteiger partial charge in [0.25, 0.3) is 0 Å². The number of amides is 6. The van der Waals surface area contributed by atoms with Gasteiger partial charge in [0.1, 0.15) is 13.1 Å². The summed E-state index contributed by atoms with van der Waals surface area (Å²) < 4.78 is 6.02. The summed E-state index contributed by atoms with van der Waals surface area (Å²) in [6.45, 7) is 17.3. The van der Waals surface area contributed by atoms with Crippen LogP contribution in [0, 0.1) is 10.8 Å². The molecule has 0 atom stereocenters. The first-order chi connectivity index (χ1) is 21.1. The third kappa shape index (κ3) is 10.7. The molecule has 2 aliphatic rings. The number of hydrogen-bond acceptors (Lipinski definition) is 5. The molecule has 0 unspecified atom stereocenters. The minimum absolute atomic E-state index is 0.0572. The number of carbonyl (C=O) groups excluding carboxylic acids is 4. The molecule has 254 valence electrons. The summed E-state index contributed by atoms with van der Waals surface area (Å²) in [6, 6.07) is -0.253. The SMILES string of the molecule is CCN1CC(=O)N(CCCCC(CC)(CC)CCCCOCCCCC(CC)(CC)CCCN2C(=O)CN(CC)C2=O)C1=O. The molecule has 2 rings (SSSR count). The fourth-order valence-electron chi connectivity index (χ4n) is 7.18. The molecule has 2 aliphatic heterocycles. The highest BCUT2D eigenvalue weighted by atomic mass is 16.5. The Bertz CT molecular complexity index is 902. The van der Waals surface area contributed by atoms with Crippen LogP contribution in [0.1, 0.15) is 138 Å². The lowest BCUT2D eigenvalue weighted by Gasteiger charge is -2.32. The van der Waals surface area contributed by atoms with Crippen molar-refractivity contribution in [1.82, 2.24) is 19.6 Å². The molecule has 0 bridgehead atoms. The van der Waals surface area contributed by atoms with Crippen molar-refractivity contribution in [3.05, 3.63) is 0 Å². The highest BCUT2D eigenvalue weighted by molar-refractivity contribution is 6.02. The summed E-state index contributed by atoms with van der Waals surface area (Å²) in [7, 11) is 0. The molecule has 44 heavy (non-hydrogen) atoms. The van der Waals surface area contributed by atoms with Crippen molar-refractivity contribution in [2.45, 2.75) is 138 Å². The second-order valence-electron chi connectivity index (χ2n) is 13.2. The second kappa shape index (κ2) is 19.4. The molecule has 0 spiro atoms. The summed E-state index contributed by atoms with van der Waals surface area (Å²) in [5, 5.41) is 0. The zero-order valence-corrected chi connectivity index (χ0v) is 29.1. The van der Waals surface area contributed by atoms with Crippen molar-refractivity contribution >= 4 is 23.9 Å². The maximum Gasteiger partial charge on any atom is 0.327 e. The van der Waals surface area contributed by atoms with Crippen LogP contribution < -0.4 is 0 Å². The average Bonchev–Trinajstić information content (AvgIpc) is 3.48. The van der Waals surface area contributed by atoms with Crippen LogP contribution >= 0.6 is 0 Å². The van der Waals surface area contributed by atoms with E-state index >= 15 is 0 Å². The lowest BCUT2D eigenvalue weighted by molar-refractivity contribution is -0.126. The predicted octanol–water partition coefficient (Wildman–Crippen LogP) is 7.48. The number of likely N-dealkylation sites (N-methyl/N-ethyl adjacent to an activating group) is 2. The Kier molecular flexibility index (Phi) is 16.7. The maximum atomic E-state index is 12.4. The van der Waals surface area contributed by atoms with E-state index in [4.69, 9.17) is 4.74 Å². The number of unbranched alkanes of at least 4 members (excludes halogenated alkanes) is 3. The fraction of sp³-hybridized carbons (Fsp3) is 0.886. The zero-order chi connectivity index (χ0) is 32.6. The van der Waals surface area contributed by atoms with Crippen LogP contribution in [-0.2, 0) is 14.3 Å². The average molecular weight is 621 g/mol. The van der Waals surface area contributed by atoms with Crippen LogP contribution in [0.3, 0.4) is 0 Å². The van der Waals surface area contributed by atoms with Gasteiger partial charge in [0.05, 0.1) is 0 Å². The van der Waals surface area contributed by atoms with E-state index in [-0.39, 0.29) is 42.4 Å². The molecule has 2 saturated heterocycles. The number of hydrogen-bond donors (Lipinski definition) is 0. The van der Waals surface area contributed by atoms with Crippen molar-refractivity contribution < 1.29 is 23.9 Å². The Labute approximate surface area is 268 Å². The molecule has 0 aromatic carbocycles. The van der Waals surface area contributed by atoms with Crippen LogP contribution in [0.25, 0.3) is 0 Å². The number of nitrogens with zero attached hydrogens (tertiary/aromatic N) is 4. The second-order valence-corrected chi connectivity index (χ2v) is 13.2. The molecule has 0 aliphatic carbocycles. The molecular formula is C35H64N4O5. The van der Waals surface area contributed by atoms with E-state index in [1.807, 2.05) is 13.8 Å². The fourth-order valence-corrected chi connectivity index (χ4v) is 7.18. The van der Waals surface area contributed by atoms with E-state index in [1.54, 1.807) is 9.80 Å². The Morgan fingerprint density at radius 1 is 0.523 bits per heavy atom. The lowest BCUT2D eigenvalue weighted by Crippen LogP contribution is -2.34. The van der Waals surface area contributed by atoms with Gasteiger partial charge in [0.2, 0.25) is 11.8 Å². The summed E-state index contributed by atoms with van der Waals surface area (Å²) in [5.41, 5.74) is 0.609. The van der Waals surface area contributed by atoms with Gasteiger partial charge in [0, 0.05) is 39.4 Å². The first-order valence-corrected chi connectivity index (χ1v) is 17.9. The lowest BCUT2D eigenvalue weighted by atomic mass is 9.74. The van der Waals surface area contributed by atoms with Gasteiger partial charge in [-0.15, -0.1) is 0 Å². The monoisotopic (exact) mass is 620 g/mol. The molecule has 9 nitrogen and oxygen atoms in total. The number of rotatable bonds is 25. The van der Waals surface area contributed by atoms with Gasteiger partial charge in [-0.2, -0.15) is 0 Å². The summed E-state index contributed by atoms with van der Waals surface area (Å²) in [4.78, 5) is 55.2. The van der Waals surface area contributed by atoms with E-state index < -0.39 is 0 Å². The Balaban J connectivity index is 1.59. The van der Waals surface area contributed by atoms with Crippen molar-refractivity contribution in [3.63, 3.8) is 0 Å². The molecule has 2 fully saturated rings. The van der Waals surface area contributed by atoms with Gasteiger partial charge < -0.3 is 14.5 Å². The quantitative estimate of drug-likeness (QED) is 0.0780. The van der Waals surface area contributed by atoms with Crippen molar-refractivity contribution in [2.24, 2.45) is 10.8 Å². The standard InChI is InChI=1S/C35H64N4O5/c1-7-34(8-2,20-13-16-24-38-30(40)28-36(11-5)32(38)42)21-14-17-26-44-27-18-15-22-35(9-3,10-4)23-19-25-39-31(41)29-37(12-6)33(39)43/h7-29H2,1-6H3. The number of urea groups is 2. The third-order valence-corrected chi connectivity index (χ3v) is 10.9. The topological polar surface area (TPSA) is 90.5 Å². The first-order valence-electron chi connectivity index (χ1n) is 17.9. The summed E-state index contributed by atoms with van der Waals surface area (Å²) in [6.07, 6.45) is 16.4. The zero-order valence-electron chi connectivity index (χ0n) is 29.1. The molecule has 0 aromatic rings. The third-order valence-electron chi connectivity index (χ3n) is 10.9. The number of carbonyl (C=O) groups is 4. The molecule has 6 amide bonds. The Morgan fingerprint density at radius 2 is 0.886 bits per heavy atom. The summed E-state index contributed by atoms with van der Waals surface area (Å²) in [5.74, 6) is -0.116. The van der Waals surface area contributed by atoms with E-state index in [2.05, 4.69) is 27.7 Å². The molecular weight excluding hydrogens is 556 g/mol.